The molecule has 0 unspecified atom stereocenters. The van der Waals surface area contributed by atoms with Crippen molar-refractivity contribution in [2.24, 2.45) is 0 Å². The van der Waals surface area contributed by atoms with E-state index in [1.54, 1.807) is 11.3 Å². The van der Waals surface area contributed by atoms with Gasteiger partial charge in [-0.3, -0.25) is 14.4 Å². The molecule has 148 valence electrons. The van der Waals surface area contributed by atoms with Crippen LogP contribution in [0.4, 0.5) is 0 Å². The number of hydrogen-bond acceptors (Lipinski definition) is 5. The summed E-state index contributed by atoms with van der Waals surface area (Å²) in [5, 5.41) is 4.91. The van der Waals surface area contributed by atoms with E-state index < -0.39 is 0 Å². The molecule has 1 aromatic carbocycles. The highest BCUT2D eigenvalue weighted by molar-refractivity contribution is 7.71. The first-order chi connectivity index (χ1) is 13.6. The summed E-state index contributed by atoms with van der Waals surface area (Å²) in [5.74, 6) is 1.01. The minimum absolute atomic E-state index is 0.640. The SMILES string of the molecule is CN(Cc1ccc(Cl)s1)Cn1nc(CN2CCCC2)n(-c2ccccc2)c1=S. The standard InChI is InChI=1S/C20H24ClN5S2/c1-23(13-17-9-10-18(21)28-17)15-25-20(27)26(16-7-3-2-4-8-16)19(22-25)14-24-11-5-6-12-24/h2-4,7-10H,5-6,11-15H2,1H3. The molecule has 8 heteroatoms. The van der Waals surface area contributed by atoms with Gasteiger partial charge in [0.25, 0.3) is 0 Å². The van der Waals surface area contributed by atoms with Gasteiger partial charge in [-0.15, -0.1) is 11.3 Å². The monoisotopic (exact) mass is 433 g/mol. The third-order valence-electron chi connectivity index (χ3n) is 4.91. The Morgan fingerprint density at radius 2 is 1.89 bits per heavy atom. The molecule has 0 spiro atoms. The highest BCUT2D eigenvalue weighted by atomic mass is 35.5. The van der Waals surface area contributed by atoms with Crippen molar-refractivity contribution in [2.45, 2.75) is 32.6 Å². The first-order valence-corrected chi connectivity index (χ1v) is 11.1. The van der Waals surface area contributed by atoms with Gasteiger partial charge >= 0.3 is 0 Å². The molecule has 1 fully saturated rings. The van der Waals surface area contributed by atoms with Crippen molar-refractivity contribution >= 4 is 35.2 Å². The maximum atomic E-state index is 6.06. The van der Waals surface area contributed by atoms with E-state index in [0.717, 1.165) is 46.8 Å². The van der Waals surface area contributed by atoms with Gasteiger partial charge in [-0.05, 0) is 69.5 Å². The molecule has 1 aliphatic rings. The van der Waals surface area contributed by atoms with Gasteiger partial charge in [0.2, 0.25) is 4.77 Å². The van der Waals surface area contributed by atoms with Gasteiger partial charge in [0.1, 0.15) is 0 Å². The predicted octanol–water partition coefficient (Wildman–Crippen LogP) is 4.80. The lowest BCUT2D eigenvalue weighted by atomic mass is 10.3. The highest BCUT2D eigenvalue weighted by Crippen LogP contribution is 2.23. The summed E-state index contributed by atoms with van der Waals surface area (Å²) in [4.78, 5) is 5.90. The second kappa shape index (κ2) is 8.88. The second-order valence-electron chi connectivity index (χ2n) is 7.21. The molecule has 1 saturated heterocycles. The Hall–Kier alpha value is -1.51. The molecule has 0 saturated carbocycles. The van der Waals surface area contributed by atoms with E-state index in [-0.39, 0.29) is 0 Å². The third kappa shape index (κ3) is 4.55. The number of likely N-dealkylation sites (tertiary alicyclic amines) is 1. The normalized spacial score (nSPS) is 15.0. The quantitative estimate of drug-likeness (QED) is 0.500. The van der Waals surface area contributed by atoms with Gasteiger partial charge in [0.05, 0.1) is 17.5 Å². The number of nitrogens with zero attached hydrogens (tertiary/aromatic N) is 5. The molecule has 5 nitrogen and oxygen atoms in total. The number of halogens is 1. The Kier molecular flexibility index (Phi) is 6.28. The van der Waals surface area contributed by atoms with E-state index in [9.17, 15) is 0 Å². The molecule has 4 rings (SSSR count). The minimum Gasteiger partial charge on any atom is -0.296 e. The molecule has 3 aromatic rings. The fourth-order valence-electron chi connectivity index (χ4n) is 3.61. The van der Waals surface area contributed by atoms with Crippen LogP contribution < -0.4 is 0 Å². The molecule has 0 atom stereocenters. The second-order valence-corrected chi connectivity index (χ2v) is 9.38. The summed E-state index contributed by atoms with van der Waals surface area (Å²) in [5.41, 5.74) is 1.07. The lowest BCUT2D eigenvalue weighted by molar-refractivity contribution is 0.244. The van der Waals surface area contributed by atoms with E-state index >= 15 is 0 Å². The van der Waals surface area contributed by atoms with Crippen molar-refractivity contribution in [1.29, 1.82) is 0 Å². The Balaban J connectivity index is 1.60. The number of aromatic nitrogens is 3. The van der Waals surface area contributed by atoms with Crippen molar-refractivity contribution in [1.82, 2.24) is 24.1 Å². The van der Waals surface area contributed by atoms with Crippen molar-refractivity contribution in [2.75, 3.05) is 20.1 Å². The maximum Gasteiger partial charge on any atom is 0.203 e. The molecular formula is C20H24ClN5S2. The van der Waals surface area contributed by atoms with Crippen LogP contribution in [0.25, 0.3) is 5.69 Å². The maximum absolute atomic E-state index is 6.06. The van der Waals surface area contributed by atoms with Crippen LogP contribution in [0.15, 0.2) is 42.5 Å². The third-order valence-corrected chi connectivity index (χ3v) is 6.52. The van der Waals surface area contributed by atoms with Gasteiger partial charge in [0, 0.05) is 17.1 Å². The summed E-state index contributed by atoms with van der Waals surface area (Å²) in [7, 11) is 2.08. The summed E-state index contributed by atoms with van der Waals surface area (Å²) >= 11 is 13.5. The molecule has 0 N–H and O–H groups in total. The number of hydrogen-bond donors (Lipinski definition) is 0. The molecule has 28 heavy (non-hydrogen) atoms. The van der Waals surface area contributed by atoms with E-state index in [2.05, 4.69) is 39.6 Å². The van der Waals surface area contributed by atoms with E-state index in [4.69, 9.17) is 28.9 Å². The molecule has 0 bridgehead atoms. The number of thiophene rings is 1. The summed E-state index contributed by atoms with van der Waals surface area (Å²) in [6, 6.07) is 14.3. The van der Waals surface area contributed by atoms with E-state index in [1.165, 1.54) is 17.7 Å². The zero-order valence-electron chi connectivity index (χ0n) is 15.9. The first kappa shape index (κ1) is 19.8. The van der Waals surface area contributed by atoms with Crippen LogP contribution in [-0.4, -0.2) is 44.3 Å². The average Bonchev–Trinajstić information content (AvgIpc) is 3.39. The van der Waals surface area contributed by atoms with E-state index in [0.29, 0.717) is 6.67 Å². The van der Waals surface area contributed by atoms with Crippen molar-refractivity contribution in [3.63, 3.8) is 0 Å². The Morgan fingerprint density at radius 3 is 2.57 bits per heavy atom. The number of rotatable bonds is 7. The summed E-state index contributed by atoms with van der Waals surface area (Å²) < 4.78 is 5.60. The van der Waals surface area contributed by atoms with Crippen LogP contribution in [0.5, 0.6) is 0 Å². The van der Waals surface area contributed by atoms with Crippen LogP contribution >= 0.6 is 35.2 Å². The molecule has 2 aromatic heterocycles. The Bertz CT molecular complexity index is 972. The molecular weight excluding hydrogens is 410 g/mol. The Labute approximate surface area is 179 Å². The Morgan fingerprint density at radius 1 is 1.14 bits per heavy atom. The van der Waals surface area contributed by atoms with Gasteiger partial charge < -0.3 is 0 Å². The van der Waals surface area contributed by atoms with Crippen molar-refractivity contribution < 1.29 is 0 Å². The van der Waals surface area contributed by atoms with Crippen LogP contribution in [0.1, 0.15) is 23.5 Å². The largest absolute Gasteiger partial charge is 0.296 e. The number of benzene rings is 1. The minimum atomic E-state index is 0.640. The zero-order chi connectivity index (χ0) is 19.5. The summed E-state index contributed by atoms with van der Waals surface area (Å²) in [6.45, 7) is 4.55. The first-order valence-electron chi connectivity index (χ1n) is 9.49. The zero-order valence-corrected chi connectivity index (χ0v) is 18.3. The van der Waals surface area contributed by atoms with Crippen molar-refractivity contribution in [3.05, 3.63) is 62.3 Å². The lowest BCUT2D eigenvalue weighted by Gasteiger charge is -2.15. The smallest absolute Gasteiger partial charge is 0.203 e. The molecule has 0 radical (unpaired) electrons. The highest BCUT2D eigenvalue weighted by Gasteiger charge is 2.19. The fourth-order valence-corrected chi connectivity index (χ4v) is 5.08. The predicted molar refractivity (Wildman–Crippen MR) is 118 cm³/mol. The van der Waals surface area contributed by atoms with Gasteiger partial charge in [0.15, 0.2) is 5.82 Å². The van der Waals surface area contributed by atoms with Gasteiger partial charge in [-0.2, -0.15) is 5.10 Å². The van der Waals surface area contributed by atoms with Crippen molar-refractivity contribution in [3.8, 4) is 5.69 Å². The van der Waals surface area contributed by atoms with Crippen LogP contribution in [-0.2, 0) is 19.8 Å². The molecule has 0 amide bonds. The van der Waals surface area contributed by atoms with Gasteiger partial charge in [-0.1, -0.05) is 29.8 Å². The van der Waals surface area contributed by atoms with Gasteiger partial charge in [-0.25, -0.2) is 4.68 Å². The van der Waals surface area contributed by atoms with Crippen LogP contribution in [0.2, 0.25) is 4.34 Å². The lowest BCUT2D eigenvalue weighted by Crippen LogP contribution is -2.23. The summed E-state index contributed by atoms with van der Waals surface area (Å²) in [6.07, 6.45) is 2.53. The molecule has 0 aliphatic carbocycles. The molecule has 1 aliphatic heterocycles. The van der Waals surface area contributed by atoms with E-state index in [1.807, 2.05) is 28.9 Å². The number of para-hydroxylation sites is 1. The average molecular weight is 434 g/mol. The van der Waals surface area contributed by atoms with Crippen LogP contribution in [0.3, 0.4) is 0 Å². The van der Waals surface area contributed by atoms with Crippen LogP contribution in [0, 0.1) is 4.77 Å². The topological polar surface area (TPSA) is 29.2 Å². The fraction of sp³-hybridized carbons (Fsp3) is 0.400. The molecule has 3 heterocycles.